The lowest BCUT2D eigenvalue weighted by atomic mass is 9.98. The maximum atomic E-state index is 12.7. The number of nitrogens with zero attached hydrogens (tertiary/aromatic N) is 2. The van der Waals surface area contributed by atoms with Crippen molar-refractivity contribution in [2.75, 3.05) is 11.1 Å². The molecule has 3 rings (SSSR count). The van der Waals surface area contributed by atoms with Crippen molar-refractivity contribution in [1.82, 2.24) is 15.0 Å². The Kier molecular flexibility index (Phi) is 6.74. The Morgan fingerprint density at radius 2 is 2.25 bits per heavy atom. The highest BCUT2D eigenvalue weighted by atomic mass is 35.5. The molecular formula is C19H21ClN4O2S2. The molecule has 0 saturated heterocycles. The van der Waals surface area contributed by atoms with E-state index in [0.717, 1.165) is 28.1 Å². The number of halogens is 1. The van der Waals surface area contributed by atoms with E-state index in [1.807, 2.05) is 6.92 Å². The average Bonchev–Trinajstić information content (AvgIpc) is 2.97. The van der Waals surface area contributed by atoms with E-state index in [1.165, 1.54) is 23.1 Å². The van der Waals surface area contributed by atoms with Crippen molar-refractivity contribution in [1.29, 1.82) is 0 Å². The van der Waals surface area contributed by atoms with Crippen LogP contribution >= 0.6 is 34.7 Å². The Bertz CT molecular complexity index is 1060. The van der Waals surface area contributed by atoms with Crippen LogP contribution in [0.15, 0.2) is 28.3 Å². The molecule has 3 aromatic rings. The summed E-state index contributed by atoms with van der Waals surface area (Å²) in [6.45, 7) is 6.36. The fraction of sp³-hybridized carbons (Fsp3) is 0.368. The summed E-state index contributed by atoms with van der Waals surface area (Å²) < 4.78 is 0. The van der Waals surface area contributed by atoms with E-state index in [1.54, 1.807) is 18.3 Å². The molecule has 9 heteroatoms. The van der Waals surface area contributed by atoms with Gasteiger partial charge in [0.05, 0.1) is 16.8 Å². The summed E-state index contributed by atoms with van der Waals surface area (Å²) in [5, 5.41) is 4.05. The minimum absolute atomic E-state index is 0.101. The van der Waals surface area contributed by atoms with Crippen LogP contribution in [0.25, 0.3) is 10.2 Å². The molecule has 148 valence electrons. The quantitative estimate of drug-likeness (QED) is 0.319. The lowest BCUT2D eigenvalue weighted by molar-refractivity contribution is -0.113. The van der Waals surface area contributed by atoms with Crippen LogP contribution < -0.4 is 10.9 Å². The van der Waals surface area contributed by atoms with Gasteiger partial charge in [0.15, 0.2) is 10.3 Å². The Labute approximate surface area is 176 Å². The third-order valence-electron chi connectivity index (χ3n) is 4.46. The fourth-order valence-corrected chi connectivity index (χ4v) is 4.70. The van der Waals surface area contributed by atoms with Gasteiger partial charge in [0.2, 0.25) is 5.91 Å². The predicted molar refractivity (Wildman–Crippen MR) is 117 cm³/mol. The molecule has 28 heavy (non-hydrogen) atoms. The first-order chi connectivity index (χ1) is 13.4. The molecule has 3 aromatic heterocycles. The number of aromatic nitrogens is 3. The molecule has 0 aliphatic heterocycles. The summed E-state index contributed by atoms with van der Waals surface area (Å²) in [6.07, 6.45) is 3.48. The highest BCUT2D eigenvalue weighted by Crippen LogP contribution is 2.30. The second-order valence-corrected chi connectivity index (χ2v) is 9.11. The summed E-state index contributed by atoms with van der Waals surface area (Å²) in [4.78, 5) is 37.9. The number of anilines is 1. The molecule has 0 aromatic carbocycles. The van der Waals surface area contributed by atoms with Gasteiger partial charge in [-0.05, 0) is 37.0 Å². The number of aryl methyl sites for hydroxylation is 1. The Hall–Kier alpha value is -1.90. The van der Waals surface area contributed by atoms with Crippen molar-refractivity contribution in [2.24, 2.45) is 5.92 Å². The number of aromatic amines is 1. The van der Waals surface area contributed by atoms with Crippen molar-refractivity contribution >= 4 is 56.5 Å². The molecule has 0 bridgehead atoms. The van der Waals surface area contributed by atoms with Crippen LogP contribution in [0, 0.1) is 12.8 Å². The zero-order valence-electron chi connectivity index (χ0n) is 15.8. The number of H-pyrrole nitrogens is 1. The van der Waals surface area contributed by atoms with Crippen molar-refractivity contribution in [3.63, 3.8) is 0 Å². The molecule has 6 nitrogen and oxygen atoms in total. The lowest BCUT2D eigenvalue weighted by Crippen LogP contribution is -2.16. The van der Waals surface area contributed by atoms with E-state index in [0.29, 0.717) is 22.1 Å². The Morgan fingerprint density at radius 3 is 2.96 bits per heavy atom. The summed E-state index contributed by atoms with van der Waals surface area (Å²) in [5.41, 5.74) is 1.39. The molecule has 0 radical (unpaired) electrons. The van der Waals surface area contributed by atoms with Crippen LogP contribution in [0.3, 0.4) is 0 Å². The van der Waals surface area contributed by atoms with Gasteiger partial charge in [-0.25, -0.2) is 9.97 Å². The number of pyridine rings is 1. The Balaban J connectivity index is 1.75. The zero-order valence-corrected chi connectivity index (χ0v) is 18.2. The molecule has 0 aliphatic carbocycles. The van der Waals surface area contributed by atoms with Crippen molar-refractivity contribution in [2.45, 2.75) is 38.8 Å². The van der Waals surface area contributed by atoms with Gasteiger partial charge >= 0.3 is 0 Å². The van der Waals surface area contributed by atoms with Crippen LogP contribution in [0.1, 0.15) is 30.7 Å². The molecule has 0 fully saturated rings. The number of hydrogen-bond acceptors (Lipinski definition) is 6. The Morgan fingerprint density at radius 1 is 1.46 bits per heavy atom. The van der Waals surface area contributed by atoms with E-state index >= 15 is 0 Å². The lowest BCUT2D eigenvalue weighted by Gasteiger charge is -2.08. The smallest absolute Gasteiger partial charge is 0.260 e. The number of thioether (sulfide) groups is 1. The van der Waals surface area contributed by atoms with E-state index in [9.17, 15) is 9.59 Å². The first kappa shape index (κ1) is 20.8. The van der Waals surface area contributed by atoms with Crippen LogP contribution in [0.5, 0.6) is 0 Å². The summed E-state index contributed by atoms with van der Waals surface area (Å²) in [7, 11) is 0. The number of amides is 1. The van der Waals surface area contributed by atoms with Gasteiger partial charge in [-0.1, -0.05) is 43.6 Å². The molecule has 3 heterocycles. The number of thiophene rings is 1. The average molecular weight is 437 g/mol. The van der Waals surface area contributed by atoms with Gasteiger partial charge in [0.25, 0.3) is 5.56 Å². The van der Waals surface area contributed by atoms with Crippen molar-refractivity contribution < 1.29 is 4.79 Å². The van der Waals surface area contributed by atoms with Gasteiger partial charge in [0, 0.05) is 11.1 Å². The third-order valence-corrected chi connectivity index (χ3v) is 6.68. The molecule has 0 spiro atoms. The van der Waals surface area contributed by atoms with Gasteiger partial charge in [-0.3, -0.25) is 9.59 Å². The number of carbonyl (C=O) groups is 1. The van der Waals surface area contributed by atoms with E-state index in [4.69, 9.17) is 11.6 Å². The normalized spacial score (nSPS) is 12.3. The van der Waals surface area contributed by atoms with Gasteiger partial charge < -0.3 is 10.3 Å². The van der Waals surface area contributed by atoms with Crippen LogP contribution in [-0.4, -0.2) is 26.6 Å². The molecule has 1 atom stereocenters. The van der Waals surface area contributed by atoms with E-state index in [2.05, 4.69) is 34.1 Å². The first-order valence-electron chi connectivity index (χ1n) is 8.94. The van der Waals surface area contributed by atoms with E-state index < -0.39 is 0 Å². The number of carbonyl (C=O) groups excluding carboxylic acids is 1. The SMILES string of the molecule is CC[C@@H](C)Cc1c(C)sc2nc(SCC(=O)Nc3cccnc3Cl)[nH]c(=O)c12. The number of fused-ring (bicyclic) bond motifs is 1. The monoisotopic (exact) mass is 436 g/mol. The summed E-state index contributed by atoms with van der Waals surface area (Å²) in [6, 6.07) is 3.37. The molecule has 1 amide bonds. The largest absolute Gasteiger partial charge is 0.323 e. The highest BCUT2D eigenvalue weighted by molar-refractivity contribution is 7.99. The summed E-state index contributed by atoms with van der Waals surface area (Å²) >= 11 is 8.65. The second kappa shape index (κ2) is 9.07. The maximum Gasteiger partial charge on any atom is 0.260 e. The molecule has 0 aliphatic rings. The molecule has 2 N–H and O–H groups in total. The topological polar surface area (TPSA) is 87.7 Å². The van der Waals surface area contributed by atoms with Crippen LogP contribution in [0.2, 0.25) is 5.15 Å². The van der Waals surface area contributed by atoms with Crippen LogP contribution in [0.4, 0.5) is 5.69 Å². The van der Waals surface area contributed by atoms with E-state index in [-0.39, 0.29) is 22.4 Å². The molecular weight excluding hydrogens is 416 g/mol. The zero-order chi connectivity index (χ0) is 20.3. The number of nitrogens with one attached hydrogen (secondary N) is 2. The molecule has 0 saturated carbocycles. The standard InChI is InChI=1S/C19H21ClN4O2S2/c1-4-10(2)8-12-11(3)28-18-15(12)17(26)23-19(24-18)27-9-14(25)22-13-6-5-7-21-16(13)20/h5-7,10H,4,8-9H2,1-3H3,(H,22,25)(H,23,24,26)/t10-/m1/s1. The van der Waals surface area contributed by atoms with Crippen molar-refractivity contribution in [3.8, 4) is 0 Å². The minimum atomic E-state index is -0.248. The maximum absolute atomic E-state index is 12.7. The third kappa shape index (κ3) is 4.74. The number of rotatable bonds is 7. The highest BCUT2D eigenvalue weighted by Gasteiger charge is 2.17. The number of hydrogen-bond donors (Lipinski definition) is 2. The van der Waals surface area contributed by atoms with Crippen molar-refractivity contribution in [3.05, 3.63) is 44.3 Å². The predicted octanol–water partition coefficient (Wildman–Crippen LogP) is 4.66. The fourth-order valence-electron chi connectivity index (χ4n) is 2.76. The summed E-state index contributed by atoms with van der Waals surface area (Å²) in [5.74, 6) is 0.361. The second-order valence-electron chi connectivity index (χ2n) is 6.58. The van der Waals surface area contributed by atoms with Gasteiger partial charge in [0.1, 0.15) is 4.83 Å². The first-order valence-corrected chi connectivity index (χ1v) is 11.1. The van der Waals surface area contributed by atoms with Crippen LogP contribution in [-0.2, 0) is 11.2 Å². The van der Waals surface area contributed by atoms with Gasteiger partial charge in [-0.2, -0.15) is 0 Å². The van der Waals surface area contributed by atoms with Gasteiger partial charge in [-0.15, -0.1) is 11.3 Å². The minimum Gasteiger partial charge on any atom is -0.323 e. The molecule has 0 unspecified atom stereocenters.